The summed E-state index contributed by atoms with van der Waals surface area (Å²) in [5.74, 6) is 0. The van der Waals surface area contributed by atoms with Gasteiger partial charge in [-0.05, 0) is 56.4 Å². The highest BCUT2D eigenvalue weighted by atomic mass is 16.3. The second-order valence-electron chi connectivity index (χ2n) is 9.29. The number of nitrogens with zero attached hydrogens (tertiary/aromatic N) is 2. The quantitative estimate of drug-likeness (QED) is 0.594. The first kappa shape index (κ1) is 23.6. The Balaban J connectivity index is 1.86. The van der Waals surface area contributed by atoms with E-state index in [2.05, 4.69) is 61.2 Å². The molecule has 5 nitrogen and oxygen atoms in total. The fourth-order valence-electron chi connectivity index (χ4n) is 4.46. The fourth-order valence-corrected chi connectivity index (χ4v) is 4.46. The lowest BCUT2D eigenvalue weighted by atomic mass is 9.93. The minimum Gasteiger partial charge on any atom is -0.394 e. The molecule has 0 saturated carbocycles. The van der Waals surface area contributed by atoms with E-state index < -0.39 is 5.60 Å². The average molecular weight is 424 g/mol. The molecule has 1 aliphatic heterocycles. The van der Waals surface area contributed by atoms with Crippen molar-refractivity contribution in [3.63, 3.8) is 0 Å². The largest absolute Gasteiger partial charge is 0.394 e. The van der Waals surface area contributed by atoms with E-state index in [1.54, 1.807) is 13.8 Å². The van der Waals surface area contributed by atoms with Crippen LogP contribution in [0.1, 0.15) is 63.3 Å². The second-order valence-corrected chi connectivity index (χ2v) is 9.29. The summed E-state index contributed by atoms with van der Waals surface area (Å²) in [7, 11) is 0. The van der Waals surface area contributed by atoms with E-state index in [1.807, 2.05) is 6.92 Å². The van der Waals surface area contributed by atoms with Crippen molar-refractivity contribution in [1.29, 1.82) is 0 Å². The molecule has 1 heterocycles. The predicted molar refractivity (Wildman–Crippen MR) is 128 cm³/mol. The second kappa shape index (κ2) is 9.61. The number of aliphatic hydroxyl groups is 2. The molecule has 5 heteroatoms. The Bertz CT molecular complexity index is 913. The molecule has 0 fully saturated rings. The summed E-state index contributed by atoms with van der Waals surface area (Å²) in [5, 5.41) is 20.7. The van der Waals surface area contributed by atoms with Crippen LogP contribution in [0.4, 0.5) is 0 Å². The van der Waals surface area contributed by atoms with Gasteiger partial charge in [0.1, 0.15) is 6.17 Å². The monoisotopic (exact) mass is 423 g/mol. The third kappa shape index (κ3) is 5.24. The van der Waals surface area contributed by atoms with Crippen molar-refractivity contribution in [3.8, 4) is 11.1 Å². The lowest BCUT2D eigenvalue weighted by molar-refractivity contribution is 0.110. The van der Waals surface area contributed by atoms with Crippen LogP contribution < -0.4 is 5.73 Å². The molecule has 0 aliphatic carbocycles. The van der Waals surface area contributed by atoms with Crippen molar-refractivity contribution in [3.05, 3.63) is 59.2 Å². The molecule has 168 valence electrons. The normalized spacial score (nSPS) is 20.7. The Kier molecular flexibility index (Phi) is 7.32. The predicted octanol–water partition coefficient (Wildman–Crippen LogP) is 4.20. The maximum absolute atomic E-state index is 10.6. The number of hydrogen-bond donors (Lipinski definition) is 3. The van der Waals surface area contributed by atoms with Crippen LogP contribution in [0.3, 0.4) is 0 Å². The minimum absolute atomic E-state index is 0.0234. The van der Waals surface area contributed by atoms with Crippen molar-refractivity contribution in [2.24, 2.45) is 10.7 Å². The van der Waals surface area contributed by atoms with Crippen LogP contribution in [0.15, 0.2) is 47.5 Å². The highest BCUT2D eigenvalue weighted by Crippen LogP contribution is 2.31. The summed E-state index contributed by atoms with van der Waals surface area (Å²) in [6.45, 7) is 10.4. The molecule has 2 aromatic carbocycles. The number of aryl methyl sites for hydroxylation is 1. The van der Waals surface area contributed by atoms with E-state index in [0.717, 1.165) is 29.5 Å². The third-order valence-corrected chi connectivity index (χ3v) is 6.06. The van der Waals surface area contributed by atoms with E-state index in [4.69, 9.17) is 10.7 Å². The third-order valence-electron chi connectivity index (χ3n) is 6.06. The first-order valence-corrected chi connectivity index (χ1v) is 11.3. The summed E-state index contributed by atoms with van der Waals surface area (Å²) in [5.41, 5.74) is 11.7. The maximum atomic E-state index is 10.6. The van der Waals surface area contributed by atoms with Crippen LogP contribution in [-0.4, -0.2) is 45.2 Å². The molecule has 0 bridgehead atoms. The average Bonchev–Trinajstić information content (AvgIpc) is 3.06. The van der Waals surface area contributed by atoms with Gasteiger partial charge in [0.05, 0.1) is 24.0 Å². The van der Waals surface area contributed by atoms with E-state index in [1.165, 1.54) is 11.1 Å². The zero-order valence-corrected chi connectivity index (χ0v) is 19.5. The first-order valence-electron chi connectivity index (χ1n) is 11.3. The van der Waals surface area contributed by atoms with Crippen LogP contribution in [0.25, 0.3) is 11.1 Å². The Hall–Kier alpha value is -2.05. The molecule has 3 rings (SSSR count). The summed E-state index contributed by atoms with van der Waals surface area (Å²) in [4.78, 5) is 7.02. The van der Waals surface area contributed by atoms with Gasteiger partial charge in [0.15, 0.2) is 0 Å². The molecule has 0 radical (unpaired) electrons. The Morgan fingerprint density at radius 2 is 1.84 bits per heavy atom. The van der Waals surface area contributed by atoms with Crippen molar-refractivity contribution in [2.75, 3.05) is 6.61 Å². The van der Waals surface area contributed by atoms with Crippen LogP contribution in [0.5, 0.6) is 0 Å². The number of rotatable bonds is 8. The number of benzene rings is 2. The van der Waals surface area contributed by atoms with Gasteiger partial charge in [0, 0.05) is 12.6 Å². The van der Waals surface area contributed by atoms with E-state index in [0.29, 0.717) is 12.3 Å². The van der Waals surface area contributed by atoms with Gasteiger partial charge in [0.25, 0.3) is 0 Å². The molecular formula is C26H37N3O2. The van der Waals surface area contributed by atoms with Crippen LogP contribution >= 0.6 is 0 Å². The summed E-state index contributed by atoms with van der Waals surface area (Å²) >= 11 is 0. The van der Waals surface area contributed by atoms with Gasteiger partial charge < -0.3 is 15.9 Å². The zero-order chi connectivity index (χ0) is 22.8. The highest BCUT2D eigenvalue weighted by molar-refractivity contribution is 5.97. The molecule has 3 unspecified atom stereocenters. The van der Waals surface area contributed by atoms with Gasteiger partial charge in [-0.1, -0.05) is 61.4 Å². The van der Waals surface area contributed by atoms with Crippen molar-refractivity contribution in [2.45, 2.75) is 77.9 Å². The van der Waals surface area contributed by atoms with E-state index >= 15 is 0 Å². The zero-order valence-electron chi connectivity index (χ0n) is 19.5. The Morgan fingerprint density at radius 1 is 1.16 bits per heavy atom. The molecule has 2 aromatic rings. The molecule has 0 aromatic heterocycles. The summed E-state index contributed by atoms with van der Waals surface area (Å²) in [6.07, 6.45) is 1.87. The molecule has 0 saturated heterocycles. The molecule has 1 aliphatic rings. The fraction of sp³-hybridized carbons (Fsp3) is 0.500. The Labute approximate surface area is 186 Å². The van der Waals surface area contributed by atoms with Crippen LogP contribution in [-0.2, 0) is 6.54 Å². The number of hydrogen-bond acceptors (Lipinski definition) is 5. The van der Waals surface area contributed by atoms with Crippen LogP contribution in [0.2, 0.25) is 0 Å². The number of nitrogens with two attached hydrogens (primary N) is 1. The molecule has 0 amide bonds. The van der Waals surface area contributed by atoms with Crippen LogP contribution in [0, 0.1) is 6.92 Å². The van der Waals surface area contributed by atoms with Gasteiger partial charge in [-0.2, -0.15) is 0 Å². The molecule has 3 atom stereocenters. The lowest BCUT2D eigenvalue weighted by Crippen LogP contribution is -2.48. The minimum atomic E-state index is -1.04. The van der Waals surface area contributed by atoms with Crippen molar-refractivity contribution in [1.82, 2.24) is 4.90 Å². The highest BCUT2D eigenvalue weighted by Gasteiger charge is 2.41. The summed E-state index contributed by atoms with van der Waals surface area (Å²) < 4.78 is 0. The van der Waals surface area contributed by atoms with Crippen molar-refractivity contribution >= 4 is 5.71 Å². The summed E-state index contributed by atoms with van der Waals surface area (Å²) in [6, 6.07) is 14.7. The van der Waals surface area contributed by atoms with E-state index in [-0.39, 0.29) is 24.9 Å². The van der Waals surface area contributed by atoms with E-state index in [9.17, 15) is 10.2 Å². The molecule has 31 heavy (non-hydrogen) atoms. The van der Waals surface area contributed by atoms with Gasteiger partial charge >= 0.3 is 0 Å². The smallest absolute Gasteiger partial charge is 0.103 e. The lowest BCUT2D eigenvalue weighted by Gasteiger charge is -2.31. The SMILES string of the molecule is CCCC1N=C(C(C)(C)O)C(CO)N1Cc1ccc(-c2cc(C)ccc2C(C)N)cc1. The van der Waals surface area contributed by atoms with Gasteiger partial charge in [-0.15, -0.1) is 0 Å². The number of aliphatic imine (C=N–C) groups is 1. The molecule has 0 spiro atoms. The first-order chi connectivity index (χ1) is 14.7. The molecule has 4 N–H and O–H groups in total. The van der Waals surface area contributed by atoms with Crippen molar-refractivity contribution < 1.29 is 10.2 Å². The van der Waals surface area contributed by atoms with Gasteiger partial charge in [-0.3, -0.25) is 9.89 Å². The maximum Gasteiger partial charge on any atom is 0.103 e. The number of aliphatic hydroxyl groups excluding tert-OH is 1. The standard InChI is InChI=1S/C26H37N3O2/c1-6-7-24-28-25(26(4,5)31)23(16-30)29(24)15-19-9-11-20(12-10-19)22-14-17(2)8-13-21(22)18(3)27/h8-14,18,23-24,30-31H,6-7,15-16,27H2,1-5H3. The van der Waals surface area contributed by atoms with Gasteiger partial charge in [0.2, 0.25) is 0 Å². The topological polar surface area (TPSA) is 82.1 Å². The molecular weight excluding hydrogens is 386 g/mol. The van der Waals surface area contributed by atoms with Gasteiger partial charge in [-0.25, -0.2) is 0 Å². The Morgan fingerprint density at radius 3 is 2.39 bits per heavy atom.